The maximum atomic E-state index is 12.5. The first-order chi connectivity index (χ1) is 13.5. The van der Waals surface area contributed by atoms with E-state index in [1.165, 1.54) is 7.05 Å². The minimum Gasteiger partial charge on any atom is -0.341 e. The molecule has 8 nitrogen and oxygen atoms in total. The Kier molecular flexibility index (Phi) is 5.85. The second-order valence-electron chi connectivity index (χ2n) is 6.14. The van der Waals surface area contributed by atoms with Crippen LogP contribution in [-0.2, 0) is 11.3 Å². The van der Waals surface area contributed by atoms with E-state index in [0.29, 0.717) is 22.0 Å². The lowest BCUT2D eigenvalue weighted by molar-refractivity contribution is -0.116. The summed E-state index contributed by atoms with van der Waals surface area (Å²) in [4.78, 5) is 23.8. The van der Waals surface area contributed by atoms with Crippen molar-refractivity contribution >= 4 is 35.5 Å². The van der Waals surface area contributed by atoms with Gasteiger partial charge in [-0.1, -0.05) is 23.8 Å². The number of carbonyl (C=O) groups is 2. The van der Waals surface area contributed by atoms with Gasteiger partial charge in [-0.25, -0.2) is 4.79 Å². The van der Waals surface area contributed by atoms with Gasteiger partial charge in [-0.2, -0.15) is 5.10 Å². The Morgan fingerprint density at radius 3 is 2.43 bits per heavy atom. The summed E-state index contributed by atoms with van der Waals surface area (Å²) in [5.41, 5.74) is 3.20. The molecular formula is C19H20N6O2S. The second-order valence-corrected chi connectivity index (χ2v) is 6.52. The molecule has 0 fully saturated rings. The van der Waals surface area contributed by atoms with Crippen LogP contribution in [0.1, 0.15) is 5.56 Å². The molecule has 0 aliphatic carbocycles. The number of aromatic nitrogens is 3. The highest BCUT2D eigenvalue weighted by Crippen LogP contribution is 2.19. The minimum atomic E-state index is -0.310. The molecule has 2 aromatic carbocycles. The zero-order valence-electron chi connectivity index (χ0n) is 15.4. The SMILES string of the molecule is CNC(=O)Nc1ccc(NC(=O)Cn2c(-c3cccc(C)c3)n[nH]c2=S)cc1. The normalized spacial score (nSPS) is 10.4. The standard InChI is InChI=1S/C19H20N6O2S/c1-12-4-3-5-13(10-12)17-23-24-19(28)25(17)11-16(26)21-14-6-8-15(9-7-14)22-18(27)20-2/h3-10H,11H2,1-2H3,(H,21,26)(H,24,28)(H2,20,22,27). The molecule has 0 radical (unpaired) electrons. The van der Waals surface area contributed by atoms with Gasteiger partial charge >= 0.3 is 6.03 Å². The Morgan fingerprint density at radius 2 is 1.79 bits per heavy atom. The van der Waals surface area contributed by atoms with Gasteiger partial charge in [0.05, 0.1) is 0 Å². The van der Waals surface area contributed by atoms with Gasteiger partial charge in [-0.15, -0.1) is 0 Å². The summed E-state index contributed by atoms with van der Waals surface area (Å²) in [7, 11) is 1.54. The molecule has 0 unspecified atom stereocenters. The topological polar surface area (TPSA) is 104 Å². The van der Waals surface area contributed by atoms with Crippen LogP contribution in [0.4, 0.5) is 16.2 Å². The lowest BCUT2D eigenvalue weighted by atomic mass is 10.1. The van der Waals surface area contributed by atoms with Gasteiger partial charge in [0.2, 0.25) is 5.91 Å². The predicted octanol–water partition coefficient (Wildman–Crippen LogP) is 3.31. The van der Waals surface area contributed by atoms with Crippen LogP contribution in [0.5, 0.6) is 0 Å². The molecule has 0 bridgehead atoms. The van der Waals surface area contributed by atoms with Crippen molar-refractivity contribution in [1.29, 1.82) is 0 Å². The van der Waals surface area contributed by atoms with Crippen molar-refractivity contribution < 1.29 is 9.59 Å². The Hall–Kier alpha value is -3.46. The second kappa shape index (κ2) is 8.49. The van der Waals surface area contributed by atoms with Gasteiger partial charge in [-0.05, 0) is 49.5 Å². The molecule has 0 aliphatic heterocycles. The zero-order chi connectivity index (χ0) is 20.1. The van der Waals surface area contributed by atoms with Crippen LogP contribution in [0.25, 0.3) is 11.4 Å². The summed E-state index contributed by atoms with van der Waals surface area (Å²) in [5.74, 6) is 0.368. The molecule has 0 saturated carbocycles. The molecule has 0 atom stereocenters. The number of nitrogens with one attached hydrogen (secondary N) is 4. The molecule has 1 aromatic heterocycles. The Bertz CT molecular complexity index is 1050. The molecule has 3 aromatic rings. The number of hydrogen-bond acceptors (Lipinski definition) is 4. The van der Waals surface area contributed by atoms with E-state index >= 15 is 0 Å². The van der Waals surface area contributed by atoms with E-state index in [9.17, 15) is 9.59 Å². The number of rotatable bonds is 5. The van der Waals surface area contributed by atoms with Crippen LogP contribution in [0, 0.1) is 11.7 Å². The Morgan fingerprint density at radius 1 is 1.11 bits per heavy atom. The fourth-order valence-electron chi connectivity index (χ4n) is 2.64. The number of hydrogen-bond donors (Lipinski definition) is 4. The maximum Gasteiger partial charge on any atom is 0.318 e. The fraction of sp³-hybridized carbons (Fsp3) is 0.158. The summed E-state index contributed by atoms with van der Waals surface area (Å²) in [5, 5.41) is 14.9. The summed E-state index contributed by atoms with van der Waals surface area (Å²) in [6.45, 7) is 2.02. The van der Waals surface area contributed by atoms with Crippen LogP contribution in [-0.4, -0.2) is 33.8 Å². The number of nitrogens with zero attached hydrogens (tertiary/aromatic N) is 2. The number of aromatic amines is 1. The van der Waals surface area contributed by atoms with E-state index in [1.54, 1.807) is 28.8 Å². The molecule has 1 heterocycles. The van der Waals surface area contributed by atoms with Gasteiger partial charge in [-0.3, -0.25) is 14.5 Å². The molecule has 144 valence electrons. The number of carbonyl (C=O) groups excluding carboxylic acids is 2. The van der Waals surface area contributed by atoms with E-state index in [1.807, 2.05) is 31.2 Å². The summed E-state index contributed by atoms with van der Waals surface area (Å²) in [6.07, 6.45) is 0. The number of aryl methyl sites for hydroxylation is 1. The third-order valence-electron chi connectivity index (χ3n) is 3.99. The minimum absolute atomic E-state index is 0.0247. The number of urea groups is 1. The number of anilines is 2. The molecule has 0 saturated heterocycles. The average molecular weight is 396 g/mol. The van der Waals surface area contributed by atoms with Crippen molar-refractivity contribution in [3.8, 4) is 11.4 Å². The van der Waals surface area contributed by atoms with Gasteiger partial charge in [0, 0.05) is 24.0 Å². The molecule has 28 heavy (non-hydrogen) atoms. The van der Waals surface area contributed by atoms with Crippen molar-refractivity contribution in [3.63, 3.8) is 0 Å². The first-order valence-electron chi connectivity index (χ1n) is 8.57. The van der Waals surface area contributed by atoms with Crippen LogP contribution >= 0.6 is 12.2 Å². The van der Waals surface area contributed by atoms with Gasteiger partial charge in [0.1, 0.15) is 6.54 Å². The molecule has 9 heteroatoms. The Labute approximate surface area is 167 Å². The van der Waals surface area contributed by atoms with E-state index in [4.69, 9.17) is 12.2 Å². The molecule has 0 aliphatic rings. The lowest BCUT2D eigenvalue weighted by Crippen LogP contribution is -2.24. The monoisotopic (exact) mass is 396 g/mol. The summed E-state index contributed by atoms with van der Waals surface area (Å²) >= 11 is 5.28. The zero-order valence-corrected chi connectivity index (χ0v) is 16.3. The first-order valence-corrected chi connectivity index (χ1v) is 8.98. The summed E-state index contributed by atoms with van der Waals surface area (Å²) in [6, 6.07) is 14.3. The third kappa shape index (κ3) is 4.63. The van der Waals surface area contributed by atoms with Crippen LogP contribution in [0.15, 0.2) is 48.5 Å². The van der Waals surface area contributed by atoms with Crippen LogP contribution in [0.3, 0.4) is 0 Å². The number of benzene rings is 2. The van der Waals surface area contributed by atoms with E-state index in [2.05, 4.69) is 26.1 Å². The van der Waals surface area contributed by atoms with E-state index in [0.717, 1.165) is 11.1 Å². The highest BCUT2D eigenvalue weighted by atomic mass is 32.1. The lowest BCUT2D eigenvalue weighted by Gasteiger charge is -2.10. The summed E-state index contributed by atoms with van der Waals surface area (Å²) < 4.78 is 2.03. The third-order valence-corrected chi connectivity index (χ3v) is 4.30. The van der Waals surface area contributed by atoms with Crippen LogP contribution < -0.4 is 16.0 Å². The van der Waals surface area contributed by atoms with Crippen molar-refractivity contribution in [2.45, 2.75) is 13.5 Å². The molecule has 3 rings (SSSR count). The average Bonchev–Trinajstić information content (AvgIpc) is 3.03. The highest BCUT2D eigenvalue weighted by molar-refractivity contribution is 7.71. The van der Waals surface area contributed by atoms with Crippen molar-refractivity contribution in [1.82, 2.24) is 20.1 Å². The quantitative estimate of drug-likeness (QED) is 0.497. The van der Waals surface area contributed by atoms with Crippen molar-refractivity contribution in [2.75, 3.05) is 17.7 Å². The van der Waals surface area contributed by atoms with Gasteiger partial charge in [0.25, 0.3) is 0 Å². The molecular weight excluding hydrogens is 376 g/mol. The Balaban J connectivity index is 1.71. The van der Waals surface area contributed by atoms with E-state index in [-0.39, 0.29) is 18.5 Å². The molecule has 4 N–H and O–H groups in total. The molecule has 3 amide bonds. The van der Waals surface area contributed by atoms with Gasteiger partial charge in [0.15, 0.2) is 10.6 Å². The number of H-pyrrole nitrogens is 1. The number of amides is 3. The van der Waals surface area contributed by atoms with Crippen molar-refractivity contribution in [2.24, 2.45) is 0 Å². The van der Waals surface area contributed by atoms with Crippen LogP contribution in [0.2, 0.25) is 0 Å². The fourth-order valence-corrected chi connectivity index (χ4v) is 2.84. The van der Waals surface area contributed by atoms with Gasteiger partial charge < -0.3 is 16.0 Å². The largest absolute Gasteiger partial charge is 0.341 e. The predicted molar refractivity (Wildman–Crippen MR) is 111 cm³/mol. The van der Waals surface area contributed by atoms with E-state index < -0.39 is 0 Å². The molecule has 0 spiro atoms. The van der Waals surface area contributed by atoms with Crippen molar-refractivity contribution in [3.05, 3.63) is 58.9 Å². The smallest absolute Gasteiger partial charge is 0.318 e. The highest BCUT2D eigenvalue weighted by Gasteiger charge is 2.13. The first kappa shape index (κ1) is 19.3. The maximum absolute atomic E-state index is 12.5.